The van der Waals surface area contributed by atoms with E-state index in [9.17, 15) is 23.3 Å². The lowest BCUT2D eigenvalue weighted by Gasteiger charge is -2.19. The Balaban J connectivity index is 1.97. The molecule has 1 amide bonds. The number of amides is 1. The fraction of sp³-hybridized carbons (Fsp3) is 0.235. The number of non-ortho nitro benzene ring substituents is 1. The lowest BCUT2D eigenvalue weighted by atomic mass is 10.2. The molecule has 0 aliphatic carbocycles. The molecule has 2 rings (SSSR count). The Hall–Kier alpha value is -3.14. The van der Waals surface area contributed by atoms with Gasteiger partial charge in [0.25, 0.3) is 5.69 Å². The molecule has 144 valence electrons. The SMILES string of the molecule is CCS(=O)(=O)N(C)c1cccc(CNC(=O)Oc2ccc([N+](=O)[O-])cc2)c1. The van der Waals surface area contributed by atoms with E-state index in [1.54, 1.807) is 31.2 Å². The molecule has 0 heterocycles. The van der Waals surface area contributed by atoms with Crippen LogP contribution >= 0.6 is 0 Å². The van der Waals surface area contributed by atoms with Crippen LogP contribution in [0.5, 0.6) is 5.75 Å². The van der Waals surface area contributed by atoms with E-state index in [-0.39, 0.29) is 23.7 Å². The number of carbonyl (C=O) groups excluding carboxylic acids is 1. The molecule has 0 spiro atoms. The van der Waals surface area contributed by atoms with Crippen molar-refractivity contribution in [1.82, 2.24) is 5.32 Å². The molecule has 0 radical (unpaired) electrons. The summed E-state index contributed by atoms with van der Waals surface area (Å²) >= 11 is 0. The Labute approximate surface area is 156 Å². The van der Waals surface area contributed by atoms with Crippen LogP contribution in [0.1, 0.15) is 12.5 Å². The molecular formula is C17H19N3O6S. The maximum atomic E-state index is 11.9. The van der Waals surface area contributed by atoms with Crippen molar-refractivity contribution < 1.29 is 22.9 Å². The van der Waals surface area contributed by atoms with Crippen molar-refractivity contribution in [1.29, 1.82) is 0 Å². The zero-order chi connectivity index (χ0) is 20.0. The van der Waals surface area contributed by atoms with Gasteiger partial charge in [0.1, 0.15) is 5.75 Å². The molecule has 0 aromatic heterocycles. The summed E-state index contributed by atoms with van der Waals surface area (Å²) < 4.78 is 30.1. The minimum absolute atomic E-state index is 0.0203. The van der Waals surface area contributed by atoms with Crippen molar-refractivity contribution in [3.05, 3.63) is 64.2 Å². The van der Waals surface area contributed by atoms with E-state index in [0.29, 0.717) is 11.3 Å². The zero-order valence-corrected chi connectivity index (χ0v) is 15.6. The van der Waals surface area contributed by atoms with Gasteiger partial charge >= 0.3 is 6.09 Å². The Kier molecular flexibility index (Phi) is 6.35. The fourth-order valence-electron chi connectivity index (χ4n) is 2.17. The maximum absolute atomic E-state index is 11.9. The van der Waals surface area contributed by atoms with Crippen molar-refractivity contribution >= 4 is 27.5 Å². The minimum atomic E-state index is -3.38. The van der Waals surface area contributed by atoms with Crippen LogP contribution in [-0.2, 0) is 16.6 Å². The van der Waals surface area contributed by atoms with E-state index < -0.39 is 21.0 Å². The number of benzene rings is 2. The first-order valence-corrected chi connectivity index (χ1v) is 9.59. The number of carbonyl (C=O) groups is 1. The van der Waals surface area contributed by atoms with Crippen LogP contribution in [0.15, 0.2) is 48.5 Å². The molecule has 9 nitrogen and oxygen atoms in total. The monoisotopic (exact) mass is 393 g/mol. The molecule has 0 aliphatic rings. The molecule has 2 aromatic rings. The Morgan fingerprint density at radius 3 is 2.48 bits per heavy atom. The van der Waals surface area contributed by atoms with Crippen molar-refractivity contribution in [2.45, 2.75) is 13.5 Å². The van der Waals surface area contributed by atoms with Gasteiger partial charge in [-0.15, -0.1) is 0 Å². The highest BCUT2D eigenvalue weighted by atomic mass is 32.2. The van der Waals surface area contributed by atoms with Crippen LogP contribution < -0.4 is 14.4 Å². The Bertz CT molecular complexity index is 928. The average Bonchev–Trinajstić information content (AvgIpc) is 2.66. The molecule has 0 saturated heterocycles. The second-order valence-corrected chi connectivity index (χ2v) is 7.82. The summed E-state index contributed by atoms with van der Waals surface area (Å²) in [7, 11) is -1.91. The van der Waals surface area contributed by atoms with Crippen LogP contribution in [0.4, 0.5) is 16.2 Å². The number of anilines is 1. The Morgan fingerprint density at radius 1 is 1.22 bits per heavy atom. The first kappa shape index (κ1) is 20.2. The molecule has 0 fully saturated rings. The largest absolute Gasteiger partial charge is 0.412 e. The molecular weight excluding hydrogens is 374 g/mol. The molecule has 0 atom stereocenters. The van der Waals surface area contributed by atoms with Crippen molar-refractivity contribution in [2.75, 3.05) is 17.1 Å². The zero-order valence-electron chi connectivity index (χ0n) is 14.8. The van der Waals surface area contributed by atoms with E-state index >= 15 is 0 Å². The van der Waals surface area contributed by atoms with Gasteiger partial charge in [-0.05, 0) is 36.8 Å². The summed E-state index contributed by atoms with van der Waals surface area (Å²) in [5.41, 5.74) is 1.07. The third kappa shape index (κ3) is 5.42. The molecule has 27 heavy (non-hydrogen) atoms. The van der Waals surface area contributed by atoms with Crippen molar-refractivity contribution in [3.63, 3.8) is 0 Å². The second kappa shape index (κ2) is 8.49. The highest BCUT2D eigenvalue weighted by molar-refractivity contribution is 7.92. The summed E-state index contributed by atoms with van der Waals surface area (Å²) in [6.45, 7) is 1.69. The van der Waals surface area contributed by atoms with Gasteiger partial charge in [-0.1, -0.05) is 12.1 Å². The third-order valence-electron chi connectivity index (χ3n) is 3.75. The first-order valence-electron chi connectivity index (χ1n) is 7.98. The molecule has 0 saturated carbocycles. The van der Waals surface area contributed by atoms with Gasteiger partial charge in [-0.25, -0.2) is 13.2 Å². The molecule has 2 aromatic carbocycles. The lowest BCUT2D eigenvalue weighted by molar-refractivity contribution is -0.384. The highest BCUT2D eigenvalue weighted by Gasteiger charge is 2.16. The summed E-state index contributed by atoms with van der Waals surface area (Å²) in [6.07, 6.45) is -0.733. The van der Waals surface area contributed by atoms with Crippen molar-refractivity contribution in [3.8, 4) is 5.75 Å². The van der Waals surface area contributed by atoms with Crippen LogP contribution in [-0.4, -0.2) is 32.2 Å². The van der Waals surface area contributed by atoms with Gasteiger partial charge in [-0.2, -0.15) is 0 Å². The van der Waals surface area contributed by atoms with E-state index in [1.807, 2.05) is 0 Å². The number of ether oxygens (including phenoxy) is 1. The Morgan fingerprint density at radius 2 is 1.89 bits per heavy atom. The summed E-state index contributed by atoms with van der Waals surface area (Å²) in [5, 5.41) is 13.1. The number of nitrogens with zero attached hydrogens (tertiary/aromatic N) is 2. The average molecular weight is 393 g/mol. The van der Waals surface area contributed by atoms with Gasteiger partial charge in [0.2, 0.25) is 10.0 Å². The summed E-state index contributed by atoms with van der Waals surface area (Å²) in [4.78, 5) is 21.9. The molecule has 0 unspecified atom stereocenters. The van der Waals surface area contributed by atoms with Crippen LogP contribution in [0, 0.1) is 10.1 Å². The highest BCUT2D eigenvalue weighted by Crippen LogP contribution is 2.19. The number of hydrogen-bond donors (Lipinski definition) is 1. The molecule has 0 bridgehead atoms. The topological polar surface area (TPSA) is 119 Å². The maximum Gasteiger partial charge on any atom is 0.412 e. The molecule has 10 heteroatoms. The predicted molar refractivity (Wildman–Crippen MR) is 100 cm³/mol. The van der Waals surface area contributed by atoms with E-state index in [0.717, 1.165) is 0 Å². The molecule has 0 aliphatic heterocycles. The van der Waals surface area contributed by atoms with Gasteiger partial charge in [-0.3, -0.25) is 14.4 Å². The van der Waals surface area contributed by atoms with E-state index in [2.05, 4.69) is 5.32 Å². The third-order valence-corrected chi connectivity index (χ3v) is 5.53. The molecule has 1 N–H and O–H groups in total. The van der Waals surface area contributed by atoms with Crippen LogP contribution in [0.3, 0.4) is 0 Å². The second-order valence-electron chi connectivity index (χ2n) is 5.53. The summed E-state index contributed by atoms with van der Waals surface area (Å²) in [5.74, 6) is 0.147. The van der Waals surface area contributed by atoms with E-state index in [1.165, 1.54) is 35.6 Å². The summed E-state index contributed by atoms with van der Waals surface area (Å²) in [6, 6.07) is 11.8. The number of nitro benzene ring substituents is 1. The van der Waals surface area contributed by atoms with Gasteiger partial charge in [0.05, 0.1) is 16.4 Å². The van der Waals surface area contributed by atoms with Gasteiger partial charge in [0, 0.05) is 25.7 Å². The lowest BCUT2D eigenvalue weighted by Crippen LogP contribution is -2.28. The van der Waals surface area contributed by atoms with Crippen LogP contribution in [0.2, 0.25) is 0 Å². The number of sulfonamides is 1. The number of rotatable bonds is 7. The quantitative estimate of drug-likeness (QED) is 0.570. The number of nitro groups is 1. The van der Waals surface area contributed by atoms with Gasteiger partial charge < -0.3 is 10.1 Å². The number of nitrogens with one attached hydrogen (secondary N) is 1. The number of hydrogen-bond acceptors (Lipinski definition) is 6. The van der Waals surface area contributed by atoms with Gasteiger partial charge in [0.15, 0.2) is 0 Å². The fourth-order valence-corrected chi connectivity index (χ4v) is 2.99. The normalized spacial score (nSPS) is 10.9. The first-order chi connectivity index (χ1) is 12.7. The standard InChI is InChI=1S/C17H19N3O6S/c1-3-27(24,25)19(2)15-6-4-5-13(11-15)12-18-17(21)26-16-9-7-14(8-10-16)20(22)23/h4-11H,3,12H2,1-2H3,(H,18,21). The van der Waals surface area contributed by atoms with E-state index in [4.69, 9.17) is 4.74 Å². The smallest absolute Gasteiger partial charge is 0.410 e. The van der Waals surface area contributed by atoms with Crippen molar-refractivity contribution in [2.24, 2.45) is 0 Å². The minimum Gasteiger partial charge on any atom is -0.410 e. The predicted octanol–water partition coefficient (Wildman–Crippen LogP) is 2.67. The van der Waals surface area contributed by atoms with Crippen LogP contribution in [0.25, 0.3) is 0 Å².